The largest absolute Gasteiger partial charge is 0.455 e. The summed E-state index contributed by atoms with van der Waals surface area (Å²) in [5.41, 5.74) is 4.29. The van der Waals surface area contributed by atoms with Crippen LogP contribution in [-0.4, -0.2) is 6.21 Å². The summed E-state index contributed by atoms with van der Waals surface area (Å²) in [4.78, 5) is 0. The van der Waals surface area contributed by atoms with E-state index in [4.69, 9.17) is 50.8 Å². The first-order valence-electron chi connectivity index (χ1n) is 6.83. The number of hydrogen-bond donors (Lipinski definition) is 1. The molecule has 0 aliphatic heterocycles. The molecule has 3 aromatic rings. The van der Waals surface area contributed by atoms with E-state index in [1.165, 1.54) is 0 Å². The van der Waals surface area contributed by atoms with Gasteiger partial charge in [-0.3, -0.25) is 5.43 Å². The van der Waals surface area contributed by atoms with Crippen molar-refractivity contribution >= 4 is 58.3 Å². The van der Waals surface area contributed by atoms with E-state index in [-0.39, 0.29) is 0 Å². The summed E-state index contributed by atoms with van der Waals surface area (Å²) in [5.74, 6) is 1.17. The Hall–Kier alpha value is -1.65. The molecule has 0 bridgehead atoms. The first-order chi connectivity index (χ1) is 11.5. The van der Waals surface area contributed by atoms with E-state index in [0.29, 0.717) is 37.3 Å². The zero-order chi connectivity index (χ0) is 17.1. The summed E-state index contributed by atoms with van der Waals surface area (Å²) < 4.78 is 5.71. The maximum Gasteiger partial charge on any atom is 0.147 e. The van der Waals surface area contributed by atoms with Crippen molar-refractivity contribution in [2.45, 2.75) is 0 Å². The molecule has 122 valence electrons. The van der Waals surface area contributed by atoms with Crippen molar-refractivity contribution in [3.63, 3.8) is 0 Å². The van der Waals surface area contributed by atoms with Gasteiger partial charge in [0.05, 0.1) is 32.0 Å². The Morgan fingerprint density at radius 2 is 1.71 bits per heavy atom. The number of hydrazone groups is 1. The molecule has 24 heavy (non-hydrogen) atoms. The fourth-order valence-corrected chi connectivity index (χ4v) is 2.69. The molecule has 3 rings (SSSR count). The van der Waals surface area contributed by atoms with E-state index in [9.17, 15) is 0 Å². The summed E-state index contributed by atoms with van der Waals surface area (Å²) in [7, 11) is 0. The summed E-state index contributed by atoms with van der Waals surface area (Å²) in [6.07, 6.45) is 1.55. The van der Waals surface area contributed by atoms with Crippen LogP contribution < -0.4 is 5.43 Å². The van der Waals surface area contributed by atoms with Crippen LogP contribution in [-0.2, 0) is 0 Å². The lowest BCUT2D eigenvalue weighted by atomic mass is 10.2. The second-order valence-corrected chi connectivity index (χ2v) is 6.40. The van der Waals surface area contributed by atoms with Crippen molar-refractivity contribution in [1.82, 2.24) is 0 Å². The number of hydrogen-bond acceptors (Lipinski definition) is 3. The lowest BCUT2D eigenvalue weighted by molar-refractivity contribution is 0.575. The molecule has 0 fully saturated rings. The number of furan rings is 1. The molecule has 0 unspecified atom stereocenters. The molecule has 3 nitrogen and oxygen atoms in total. The van der Waals surface area contributed by atoms with Gasteiger partial charge in [0.2, 0.25) is 0 Å². The molecule has 0 amide bonds. The fourth-order valence-electron chi connectivity index (χ4n) is 2.00. The van der Waals surface area contributed by atoms with Crippen LogP contribution >= 0.6 is 46.4 Å². The van der Waals surface area contributed by atoms with Crippen LogP contribution in [0, 0.1) is 0 Å². The highest BCUT2D eigenvalue weighted by Crippen LogP contribution is 2.34. The van der Waals surface area contributed by atoms with Crippen molar-refractivity contribution in [2.24, 2.45) is 5.10 Å². The average Bonchev–Trinajstić information content (AvgIpc) is 3.02. The SMILES string of the molecule is Clc1ccc(NN=Cc2ccc(-c3cccc(Cl)c3Cl)o2)cc1Cl. The predicted molar refractivity (Wildman–Crippen MR) is 102 cm³/mol. The van der Waals surface area contributed by atoms with Gasteiger partial charge in [-0.2, -0.15) is 5.10 Å². The standard InChI is InChI=1S/C17H10Cl4N2O/c18-13-6-4-10(8-15(13)20)23-22-9-11-5-7-16(24-11)12-2-1-3-14(19)17(12)21/h1-9,23H. The van der Waals surface area contributed by atoms with Crippen molar-refractivity contribution in [3.05, 3.63) is 74.4 Å². The fraction of sp³-hybridized carbons (Fsp3) is 0. The third-order valence-corrected chi connectivity index (χ3v) is 4.71. The first kappa shape index (κ1) is 17.2. The van der Waals surface area contributed by atoms with Gasteiger partial charge in [0.1, 0.15) is 11.5 Å². The number of nitrogens with one attached hydrogen (secondary N) is 1. The minimum atomic E-state index is 0.450. The molecule has 2 aromatic carbocycles. The summed E-state index contributed by atoms with van der Waals surface area (Å²) >= 11 is 24.0. The van der Waals surface area contributed by atoms with Gasteiger partial charge in [-0.15, -0.1) is 0 Å². The normalized spacial score (nSPS) is 11.2. The van der Waals surface area contributed by atoms with Gasteiger partial charge < -0.3 is 4.42 Å². The smallest absolute Gasteiger partial charge is 0.147 e. The number of benzene rings is 2. The van der Waals surface area contributed by atoms with Crippen LogP contribution in [0.5, 0.6) is 0 Å². The summed E-state index contributed by atoms with van der Waals surface area (Å²) in [6, 6.07) is 14.1. The van der Waals surface area contributed by atoms with Gasteiger partial charge in [-0.05, 0) is 42.5 Å². The maximum atomic E-state index is 6.19. The van der Waals surface area contributed by atoms with Crippen molar-refractivity contribution in [1.29, 1.82) is 0 Å². The van der Waals surface area contributed by atoms with Crippen LogP contribution in [0.15, 0.2) is 58.0 Å². The van der Waals surface area contributed by atoms with Gasteiger partial charge in [0.25, 0.3) is 0 Å². The Labute approximate surface area is 158 Å². The average molecular weight is 400 g/mol. The molecule has 1 aromatic heterocycles. The summed E-state index contributed by atoms with van der Waals surface area (Å²) in [5, 5.41) is 5.96. The van der Waals surface area contributed by atoms with Crippen molar-refractivity contribution < 1.29 is 4.42 Å². The lowest BCUT2D eigenvalue weighted by Gasteiger charge is -2.02. The van der Waals surface area contributed by atoms with E-state index < -0.39 is 0 Å². The molecule has 0 spiro atoms. The van der Waals surface area contributed by atoms with Gasteiger partial charge in [0.15, 0.2) is 0 Å². The van der Waals surface area contributed by atoms with E-state index in [1.807, 2.05) is 12.1 Å². The van der Waals surface area contributed by atoms with E-state index in [2.05, 4.69) is 10.5 Å². The molecule has 0 saturated heterocycles. The highest BCUT2D eigenvalue weighted by atomic mass is 35.5. The second kappa shape index (κ2) is 7.49. The van der Waals surface area contributed by atoms with E-state index in [1.54, 1.807) is 42.6 Å². The van der Waals surface area contributed by atoms with Gasteiger partial charge in [0, 0.05) is 5.56 Å². The third kappa shape index (κ3) is 3.87. The molecule has 1 heterocycles. The number of halogens is 4. The number of rotatable bonds is 4. The quantitative estimate of drug-likeness (QED) is 0.378. The first-order valence-corrected chi connectivity index (χ1v) is 8.34. The van der Waals surface area contributed by atoms with Gasteiger partial charge in [-0.25, -0.2) is 0 Å². The van der Waals surface area contributed by atoms with E-state index in [0.717, 1.165) is 5.56 Å². The van der Waals surface area contributed by atoms with Crippen LogP contribution in [0.3, 0.4) is 0 Å². The molecular formula is C17H10Cl4N2O. The Morgan fingerprint density at radius 1 is 0.875 bits per heavy atom. The molecule has 0 atom stereocenters. The maximum absolute atomic E-state index is 6.19. The van der Waals surface area contributed by atoms with Crippen LogP contribution in [0.4, 0.5) is 5.69 Å². The van der Waals surface area contributed by atoms with Crippen molar-refractivity contribution in [2.75, 3.05) is 5.43 Å². The molecule has 0 aliphatic carbocycles. The highest BCUT2D eigenvalue weighted by molar-refractivity contribution is 6.43. The van der Waals surface area contributed by atoms with Crippen LogP contribution in [0.25, 0.3) is 11.3 Å². The molecular weight excluding hydrogens is 390 g/mol. The van der Waals surface area contributed by atoms with Gasteiger partial charge in [-0.1, -0.05) is 52.5 Å². The second-order valence-electron chi connectivity index (χ2n) is 4.80. The molecule has 7 heteroatoms. The summed E-state index contributed by atoms with van der Waals surface area (Å²) in [6.45, 7) is 0. The van der Waals surface area contributed by atoms with Gasteiger partial charge >= 0.3 is 0 Å². The Balaban J connectivity index is 1.74. The Morgan fingerprint density at radius 3 is 2.50 bits per heavy atom. The van der Waals surface area contributed by atoms with E-state index >= 15 is 0 Å². The zero-order valence-corrected chi connectivity index (χ0v) is 15.1. The lowest BCUT2D eigenvalue weighted by Crippen LogP contribution is -1.89. The molecule has 1 N–H and O–H groups in total. The number of anilines is 1. The predicted octanol–water partition coefficient (Wildman–Crippen LogP) is 7.01. The van der Waals surface area contributed by atoms with Crippen molar-refractivity contribution in [3.8, 4) is 11.3 Å². The minimum Gasteiger partial charge on any atom is -0.455 e. The van der Waals surface area contributed by atoms with Crippen LogP contribution in [0.2, 0.25) is 20.1 Å². The molecule has 0 radical (unpaired) electrons. The Bertz CT molecular complexity index is 905. The number of nitrogens with zero attached hydrogens (tertiary/aromatic N) is 1. The highest BCUT2D eigenvalue weighted by Gasteiger charge is 2.10. The zero-order valence-electron chi connectivity index (χ0n) is 12.1. The minimum absolute atomic E-state index is 0.450. The third-order valence-electron chi connectivity index (χ3n) is 3.15. The van der Waals surface area contributed by atoms with Crippen LogP contribution in [0.1, 0.15) is 5.76 Å². The Kier molecular flexibility index (Phi) is 5.36. The topological polar surface area (TPSA) is 37.5 Å². The molecule has 0 saturated carbocycles. The monoisotopic (exact) mass is 398 g/mol. The molecule has 0 aliphatic rings.